The van der Waals surface area contributed by atoms with Gasteiger partial charge in [0.2, 0.25) is 0 Å². The van der Waals surface area contributed by atoms with Crippen molar-refractivity contribution < 1.29 is 0 Å². The summed E-state index contributed by atoms with van der Waals surface area (Å²) in [6.45, 7) is 10.8. The lowest BCUT2D eigenvalue weighted by molar-refractivity contribution is 0.744. The third-order valence-electron chi connectivity index (χ3n) is 2.68. The molecule has 0 aliphatic rings. The van der Waals surface area contributed by atoms with Crippen molar-refractivity contribution in [3.8, 4) is 0 Å². The van der Waals surface area contributed by atoms with E-state index in [4.69, 9.17) is 5.73 Å². The van der Waals surface area contributed by atoms with Gasteiger partial charge in [-0.1, -0.05) is 13.8 Å². The first-order chi connectivity index (χ1) is 7.63. The van der Waals surface area contributed by atoms with Crippen LogP contribution in [0.25, 0.3) is 0 Å². The Morgan fingerprint density at radius 2 is 1.94 bits per heavy atom. The van der Waals surface area contributed by atoms with Crippen LogP contribution >= 0.6 is 0 Å². The normalized spacial score (nSPS) is 10.9. The molecule has 4 heteroatoms. The van der Waals surface area contributed by atoms with Gasteiger partial charge in [-0.3, -0.25) is 0 Å². The summed E-state index contributed by atoms with van der Waals surface area (Å²) in [6, 6.07) is 0. The van der Waals surface area contributed by atoms with Gasteiger partial charge < -0.3 is 10.6 Å². The predicted octanol–water partition coefficient (Wildman–Crippen LogP) is 1.90. The molecule has 4 nitrogen and oxygen atoms in total. The molecule has 0 saturated carbocycles. The van der Waals surface area contributed by atoms with Crippen LogP contribution < -0.4 is 10.6 Å². The fourth-order valence-corrected chi connectivity index (χ4v) is 1.68. The smallest absolute Gasteiger partial charge is 0.131 e. The Morgan fingerprint density at radius 1 is 1.31 bits per heavy atom. The number of nitrogens with zero attached hydrogens (tertiary/aromatic N) is 3. The highest BCUT2D eigenvalue weighted by Gasteiger charge is 2.12. The Bertz CT molecular complexity index is 332. The highest BCUT2D eigenvalue weighted by molar-refractivity contribution is 5.48. The third-order valence-corrected chi connectivity index (χ3v) is 2.68. The van der Waals surface area contributed by atoms with Crippen molar-refractivity contribution in [1.82, 2.24) is 9.97 Å². The summed E-state index contributed by atoms with van der Waals surface area (Å²) in [4.78, 5) is 11.2. The Morgan fingerprint density at radius 3 is 2.38 bits per heavy atom. The first-order valence-corrected chi connectivity index (χ1v) is 5.94. The molecule has 1 rings (SSSR count). The van der Waals surface area contributed by atoms with Crippen LogP contribution in [-0.2, 0) is 6.54 Å². The van der Waals surface area contributed by atoms with Gasteiger partial charge in [-0.05, 0) is 13.8 Å². The van der Waals surface area contributed by atoms with E-state index < -0.39 is 0 Å². The molecule has 0 fully saturated rings. The van der Waals surface area contributed by atoms with E-state index in [9.17, 15) is 0 Å². The second kappa shape index (κ2) is 5.80. The summed E-state index contributed by atoms with van der Waals surface area (Å²) >= 11 is 0. The van der Waals surface area contributed by atoms with Crippen molar-refractivity contribution in [3.05, 3.63) is 17.7 Å². The summed E-state index contributed by atoms with van der Waals surface area (Å²) < 4.78 is 0. The van der Waals surface area contributed by atoms with Gasteiger partial charge in [-0.15, -0.1) is 0 Å². The Labute approximate surface area is 97.9 Å². The molecule has 0 aromatic carbocycles. The largest absolute Gasteiger partial charge is 0.369 e. The fraction of sp³-hybridized carbons (Fsp3) is 0.667. The molecule has 0 bridgehead atoms. The van der Waals surface area contributed by atoms with Crippen molar-refractivity contribution in [2.45, 2.75) is 40.2 Å². The summed E-state index contributed by atoms with van der Waals surface area (Å²) in [5.41, 5.74) is 7.76. The lowest BCUT2D eigenvalue weighted by Crippen LogP contribution is -2.25. The summed E-state index contributed by atoms with van der Waals surface area (Å²) in [5, 5.41) is 0. The number of nitrogens with two attached hydrogens (primary N) is 1. The number of hydrogen-bond donors (Lipinski definition) is 1. The molecule has 0 radical (unpaired) electrons. The molecule has 0 unspecified atom stereocenters. The highest BCUT2D eigenvalue weighted by Crippen LogP contribution is 2.19. The molecule has 0 aliphatic heterocycles. The third kappa shape index (κ3) is 2.70. The van der Waals surface area contributed by atoms with Crippen molar-refractivity contribution in [2.24, 2.45) is 5.73 Å². The SMILES string of the molecule is CCN(CC)c1cnc(C(C)C)nc1CN. The molecule has 0 atom stereocenters. The first-order valence-electron chi connectivity index (χ1n) is 5.94. The molecule has 16 heavy (non-hydrogen) atoms. The van der Waals surface area contributed by atoms with E-state index in [1.807, 2.05) is 6.20 Å². The minimum absolute atomic E-state index is 0.344. The number of aromatic nitrogens is 2. The molecule has 0 spiro atoms. The van der Waals surface area contributed by atoms with E-state index in [0.717, 1.165) is 30.3 Å². The topological polar surface area (TPSA) is 55.0 Å². The molecular weight excluding hydrogens is 200 g/mol. The molecule has 1 aromatic rings. The number of hydrogen-bond acceptors (Lipinski definition) is 4. The molecule has 2 N–H and O–H groups in total. The molecule has 1 heterocycles. The predicted molar refractivity (Wildman–Crippen MR) is 67.6 cm³/mol. The second-order valence-corrected chi connectivity index (χ2v) is 4.09. The Kier molecular flexibility index (Phi) is 4.68. The highest BCUT2D eigenvalue weighted by atomic mass is 15.1. The zero-order valence-corrected chi connectivity index (χ0v) is 10.7. The van der Waals surface area contributed by atoms with Gasteiger partial charge in [0.05, 0.1) is 17.6 Å². The molecule has 0 amide bonds. The van der Waals surface area contributed by atoms with Gasteiger partial charge in [0.1, 0.15) is 5.82 Å². The van der Waals surface area contributed by atoms with E-state index in [1.54, 1.807) is 0 Å². The standard InChI is InChI=1S/C12H22N4/c1-5-16(6-2)11-8-14-12(9(3)4)15-10(11)7-13/h8-9H,5-7,13H2,1-4H3. The minimum Gasteiger partial charge on any atom is -0.369 e. The van der Waals surface area contributed by atoms with Gasteiger partial charge in [0.15, 0.2) is 0 Å². The maximum atomic E-state index is 5.75. The summed E-state index contributed by atoms with van der Waals surface area (Å²) in [7, 11) is 0. The molecule has 1 aromatic heterocycles. The van der Waals surface area contributed by atoms with Crippen molar-refractivity contribution in [1.29, 1.82) is 0 Å². The molecule has 90 valence electrons. The zero-order chi connectivity index (χ0) is 12.1. The maximum absolute atomic E-state index is 5.75. The van der Waals surface area contributed by atoms with Crippen LogP contribution in [0, 0.1) is 0 Å². The lowest BCUT2D eigenvalue weighted by atomic mass is 10.2. The first kappa shape index (κ1) is 12.9. The monoisotopic (exact) mass is 222 g/mol. The van der Waals surface area contributed by atoms with Gasteiger partial charge in [0.25, 0.3) is 0 Å². The van der Waals surface area contributed by atoms with Gasteiger partial charge >= 0.3 is 0 Å². The van der Waals surface area contributed by atoms with E-state index in [0.29, 0.717) is 12.5 Å². The zero-order valence-electron chi connectivity index (χ0n) is 10.7. The maximum Gasteiger partial charge on any atom is 0.131 e. The van der Waals surface area contributed by atoms with Crippen LogP contribution in [-0.4, -0.2) is 23.1 Å². The Hall–Kier alpha value is -1.16. The molecule has 0 saturated heterocycles. The fourth-order valence-electron chi connectivity index (χ4n) is 1.68. The lowest BCUT2D eigenvalue weighted by Gasteiger charge is -2.23. The Balaban J connectivity index is 3.10. The van der Waals surface area contributed by atoms with Crippen LogP contribution in [0.15, 0.2) is 6.20 Å². The molecular formula is C12H22N4. The van der Waals surface area contributed by atoms with Crippen LogP contribution in [0.1, 0.15) is 45.1 Å². The van der Waals surface area contributed by atoms with E-state index in [-0.39, 0.29) is 0 Å². The van der Waals surface area contributed by atoms with Gasteiger partial charge in [-0.2, -0.15) is 0 Å². The van der Waals surface area contributed by atoms with Crippen LogP contribution in [0.3, 0.4) is 0 Å². The number of anilines is 1. The van der Waals surface area contributed by atoms with Gasteiger partial charge in [-0.25, -0.2) is 9.97 Å². The van der Waals surface area contributed by atoms with E-state index in [2.05, 4.69) is 42.6 Å². The second-order valence-electron chi connectivity index (χ2n) is 4.09. The minimum atomic E-state index is 0.344. The summed E-state index contributed by atoms with van der Waals surface area (Å²) in [6.07, 6.45) is 1.90. The van der Waals surface area contributed by atoms with Crippen LogP contribution in [0.2, 0.25) is 0 Å². The van der Waals surface area contributed by atoms with E-state index >= 15 is 0 Å². The van der Waals surface area contributed by atoms with Crippen LogP contribution in [0.5, 0.6) is 0 Å². The summed E-state index contributed by atoms with van der Waals surface area (Å²) in [5.74, 6) is 1.22. The quantitative estimate of drug-likeness (QED) is 0.826. The van der Waals surface area contributed by atoms with Crippen molar-refractivity contribution >= 4 is 5.69 Å². The van der Waals surface area contributed by atoms with Crippen molar-refractivity contribution in [2.75, 3.05) is 18.0 Å². The van der Waals surface area contributed by atoms with Gasteiger partial charge in [0, 0.05) is 25.6 Å². The molecule has 0 aliphatic carbocycles. The number of rotatable bonds is 5. The average Bonchev–Trinajstić information content (AvgIpc) is 2.30. The van der Waals surface area contributed by atoms with E-state index in [1.165, 1.54) is 0 Å². The van der Waals surface area contributed by atoms with Crippen LogP contribution in [0.4, 0.5) is 5.69 Å². The average molecular weight is 222 g/mol. The van der Waals surface area contributed by atoms with Crippen molar-refractivity contribution in [3.63, 3.8) is 0 Å².